The van der Waals surface area contributed by atoms with E-state index in [2.05, 4.69) is 58.9 Å². The Hall–Kier alpha value is -2.43. The summed E-state index contributed by atoms with van der Waals surface area (Å²) in [5.41, 5.74) is 1.69. The van der Waals surface area contributed by atoms with E-state index in [0.717, 1.165) is 25.8 Å². The maximum absolute atomic E-state index is 11.9. The Labute approximate surface area is 143 Å². The SMILES string of the molecule is CC(C)CCNC(=O)c1ccc(NCCCc2ccccc2)nn1. The van der Waals surface area contributed by atoms with E-state index in [4.69, 9.17) is 0 Å². The highest BCUT2D eigenvalue weighted by molar-refractivity contribution is 5.92. The van der Waals surface area contributed by atoms with Crippen molar-refractivity contribution in [2.45, 2.75) is 33.1 Å². The molecule has 5 heteroatoms. The Morgan fingerprint density at radius 3 is 2.50 bits per heavy atom. The van der Waals surface area contributed by atoms with Crippen LogP contribution in [0.25, 0.3) is 0 Å². The smallest absolute Gasteiger partial charge is 0.271 e. The second-order valence-electron chi connectivity index (χ2n) is 6.26. The Bertz CT molecular complexity index is 611. The molecule has 0 radical (unpaired) electrons. The van der Waals surface area contributed by atoms with E-state index in [9.17, 15) is 4.79 Å². The first-order chi connectivity index (χ1) is 11.6. The van der Waals surface area contributed by atoms with E-state index >= 15 is 0 Å². The summed E-state index contributed by atoms with van der Waals surface area (Å²) in [6.45, 7) is 5.75. The Morgan fingerprint density at radius 2 is 1.83 bits per heavy atom. The van der Waals surface area contributed by atoms with E-state index in [-0.39, 0.29) is 5.91 Å². The molecule has 5 nitrogen and oxygen atoms in total. The normalized spacial score (nSPS) is 10.6. The van der Waals surface area contributed by atoms with Gasteiger partial charge in [-0.15, -0.1) is 10.2 Å². The van der Waals surface area contributed by atoms with Crippen LogP contribution in [-0.2, 0) is 6.42 Å². The van der Waals surface area contributed by atoms with Gasteiger partial charge in [-0.3, -0.25) is 4.79 Å². The Kier molecular flexibility index (Phi) is 7.21. The largest absolute Gasteiger partial charge is 0.369 e. The van der Waals surface area contributed by atoms with Crippen LogP contribution < -0.4 is 10.6 Å². The topological polar surface area (TPSA) is 66.9 Å². The van der Waals surface area contributed by atoms with E-state index < -0.39 is 0 Å². The van der Waals surface area contributed by atoms with Crippen LogP contribution in [0, 0.1) is 5.92 Å². The Balaban J connectivity index is 1.70. The molecule has 1 aromatic heterocycles. The molecule has 2 rings (SSSR count). The molecule has 1 aromatic carbocycles. The molecule has 1 amide bonds. The number of aromatic nitrogens is 2. The zero-order valence-electron chi connectivity index (χ0n) is 14.5. The minimum absolute atomic E-state index is 0.168. The third kappa shape index (κ3) is 6.36. The number of anilines is 1. The summed E-state index contributed by atoms with van der Waals surface area (Å²) in [5.74, 6) is 1.10. The van der Waals surface area contributed by atoms with Crippen LogP contribution >= 0.6 is 0 Å². The standard InChI is InChI=1S/C19H26N4O/c1-15(2)12-14-21-19(24)17-10-11-18(23-22-17)20-13-6-9-16-7-4-3-5-8-16/h3-5,7-8,10-11,15H,6,9,12-14H2,1-2H3,(H,20,23)(H,21,24). The molecule has 2 N–H and O–H groups in total. The number of rotatable bonds is 9. The minimum atomic E-state index is -0.168. The van der Waals surface area contributed by atoms with Gasteiger partial charge in [0.2, 0.25) is 0 Å². The zero-order valence-corrected chi connectivity index (χ0v) is 14.5. The second-order valence-corrected chi connectivity index (χ2v) is 6.26. The quantitative estimate of drug-likeness (QED) is 0.694. The number of hydrogen-bond acceptors (Lipinski definition) is 4. The molecule has 0 bridgehead atoms. The monoisotopic (exact) mass is 326 g/mol. The maximum Gasteiger partial charge on any atom is 0.271 e. The molecule has 0 saturated carbocycles. The molecular formula is C19H26N4O. The molecule has 2 aromatic rings. The van der Waals surface area contributed by atoms with Crippen LogP contribution in [0.2, 0.25) is 0 Å². The van der Waals surface area contributed by atoms with Gasteiger partial charge in [0.15, 0.2) is 5.69 Å². The summed E-state index contributed by atoms with van der Waals surface area (Å²) in [7, 11) is 0. The van der Waals surface area contributed by atoms with Crippen molar-refractivity contribution in [3.05, 3.63) is 53.7 Å². The van der Waals surface area contributed by atoms with Gasteiger partial charge in [0.25, 0.3) is 5.91 Å². The summed E-state index contributed by atoms with van der Waals surface area (Å²) >= 11 is 0. The molecule has 0 saturated heterocycles. The average Bonchev–Trinajstić information content (AvgIpc) is 2.60. The van der Waals surface area contributed by atoms with Crippen LogP contribution in [0.15, 0.2) is 42.5 Å². The molecule has 0 aliphatic heterocycles. The fourth-order valence-corrected chi connectivity index (χ4v) is 2.27. The number of benzene rings is 1. The molecule has 1 heterocycles. The van der Waals surface area contributed by atoms with Gasteiger partial charge in [-0.25, -0.2) is 0 Å². The first-order valence-electron chi connectivity index (χ1n) is 8.55. The van der Waals surface area contributed by atoms with E-state index in [1.807, 2.05) is 6.07 Å². The number of nitrogens with zero attached hydrogens (tertiary/aromatic N) is 2. The van der Waals surface area contributed by atoms with Gasteiger partial charge < -0.3 is 10.6 Å². The number of amides is 1. The lowest BCUT2D eigenvalue weighted by Crippen LogP contribution is -2.26. The van der Waals surface area contributed by atoms with Crippen molar-refractivity contribution < 1.29 is 4.79 Å². The van der Waals surface area contributed by atoms with Crippen LogP contribution in [0.5, 0.6) is 0 Å². The van der Waals surface area contributed by atoms with Crippen molar-refractivity contribution in [3.63, 3.8) is 0 Å². The van der Waals surface area contributed by atoms with Gasteiger partial charge in [0, 0.05) is 13.1 Å². The van der Waals surface area contributed by atoms with Crippen molar-refractivity contribution in [3.8, 4) is 0 Å². The molecule has 0 spiro atoms. The third-order valence-electron chi connectivity index (χ3n) is 3.70. The highest BCUT2D eigenvalue weighted by Gasteiger charge is 2.07. The molecule has 0 atom stereocenters. The van der Waals surface area contributed by atoms with Gasteiger partial charge in [-0.1, -0.05) is 44.2 Å². The van der Waals surface area contributed by atoms with Crippen LogP contribution in [0.1, 0.15) is 42.7 Å². The first-order valence-corrected chi connectivity index (χ1v) is 8.55. The molecule has 0 unspecified atom stereocenters. The lowest BCUT2D eigenvalue weighted by atomic mass is 10.1. The average molecular weight is 326 g/mol. The van der Waals surface area contributed by atoms with Crippen LogP contribution in [0.4, 0.5) is 5.82 Å². The van der Waals surface area contributed by atoms with Crippen molar-refractivity contribution in [2.24, 2.45) is 5.92 Å². The van der Waals surface area contributed by atoms with Gasteiger partial charge in [0.1, 0.15) is 5.82 Å². The van der Waals surface area contributed by atoms with E-state index in [1.54, 1.807) is 12.1 Å². The lowest BCUT2D eigenvalue weighted by molar-refractivity contribution is 0.0946. The Morgan fingerprint density at radius 1 is 1.04 bits per heavy atom. The highest BCUT2D eigenvalue weighted by atomic mass is 16.1. The van der Waals surface area contributed by atoms with Gasteiger partial charge >= 0.3 is 0 Å². The van der Waals surface area contributed by atoms with Crippen molar-refractivity contribution in [1.29, 1.82) is 0 Å². The van der Waals surface area contributed by atoms with Crippen molar-refractivity contribution in [2.75, 3.05) is 18.4 Å². The second kappa shape index (κ2) is 9.65. The number of hydrogen-bond donors (Lipinski definition) is 2. The number of carbonyl (C=O) groups excluding carboxylic acids is 1. The summed E-state index contributed by atoms with van der Waals surface area (Å²) in [5, 5.41) is 14.1. The van der Waals surface area contributed by atoms with Crippen LogP contribution in [-0.4, -0.2) is 29.2 Å². The predicted octanol–water partition coefficient (Wildman–Crippen LogP) is 3.30. The molecule has 0 aliphatic rings. The minimum Gasteiger partial charge on any atom is -0.369 e. The predicted molar refractivity (Wildman–Crippen MR) is 97.1 cm³/mol. The summed E-state index contributed by atoms with van der Waals surface area (Å²) < 4.78 is 0. The molecular weight excluding hydrogens is 300 g/mol. The molecule has 128 valence electrons. The van der Waals surface area contributed by atoms with Crippen LogP contribution in [0.3, 0.4) is 0 Å². The number of nitrogens with one attached hydrogen (secondary N) is 2. The fraction of sp³-hybridized carbons (Fsp3) is 0.421. The van der Waals surface area contributed by atoms with Gasteiger partial charge in [-0.05, 0) is 42.9 Å². The third-order valence-corrected chi connectivity index (χ3v) is 3.70. The molecule has 0 fully saturated rings. The molecule has 24 heavy (non-hydrogen) atoms. The maximum atomic E-state index is 11.9. The van der Waals surface area contributed by atoms with E-state index in [0.29, 0.717) is 24.0 Å². The van der Waals surface area contributed by atoms with Gasteiger partial charge in [-0.2, -0.15) is 0 Å². The first kappa shape index (κ1) is 17.9. The van der Waals surface area contributed by atoms with Crippen molar-refractivity contribution in [1.82, 2.24) is 15.5 Å². The lowest BCUT2D eigenvalue weighted by Gasteiger charge is -2.07. The zero-order chi connectivity index (χ0) is 17.2. The highest BCUT2D eigenvalue weighted by Crippen LogP contribution is 2.05. The number of aryl methyl sites for hydroxylation is 1. The summed E-state index contributed by atoms with van der Waals surface area (Å²) in [4.78, 5) is 11.9. The summed E-state index contributed by atoms with van der Waals surface area (Å²) in [6, 6.07) is 13.9. The van der Waals surface area contributed by atoms with E-state index in [1.165, 1.54) is 5.56 Å². The summed E-state index contributed by atoms with van der Waals surface area (Å²) in [6.07, 6.45) is 3.00. The fourth-order valence-electron chi connectivity index (χ4n) is 2.27. The molecule has 0 aliphatic carbocycles. The number of carbonyl (C=O) groups is 1. The van der Waals surface area contributed by atoms with Gasteiger partial charge in [0.05, 0.1) is 0 Å². The van der Waals surface area contributed by atoms with Crippen molar-refractivity contribution >= 4 is 11.7 Å².